The first-order chi connectivity index (χ1) is 7.96. The average Bonchev–Trinajstić information content (AvgIpc) is 2.29. The first-order valence-electron chi connectivity index (χ1n) is 5.61. The van der Waals surface area contributed by atoms with Gasteiger partial charge in [0.25, 0.3) is 0 Å². The summed E-state index contributed by atoms with van der Waals surface area (Å²) in [4.78, 5) is 0. The molecule has 0 amide bonds. The Kier molecular flexibility index (Phi) is 4.74. The molecule has 4 heteroatoms. The van der Waals surface area contributed by atoms with Crippen LogP contribution in [0, 0.1) is 16.7 Å². The molecule has 17 heavy (non-hydrogen) atoms. The number of benzene rings is 1. The van der Waals surface area contributed by atoms with Gasteiger partial charge in [0.2, 0.25) is 0 Å². The lowest BCUT2D eigenvalue weighted by molar-refractivity contribution is 0.163. The molecule has 0 saturated heterocycles. The molecule has 0 fully saturated rings. The van der Waals surface area contributed by atoms with Gasteiger partial charge in [-0.15, -0.1) is 0 Å². The molecule has 1 aromatic rings. The lowest BCUT2D eigenvalue weighted by Crippen LogP contribution is -2.38. The Labute approximate surface area is 103 Å². The zero-order valence-electron chi connectivity index (χ0n) is 10.9. The zero-order valence-corrected chi connectivity index (χ0v) is 10.9. The van der Waals surface area contributed by atoms with E-state index in [2.05, 4.69) is 26.8 Å². The number of nitrogens with zero attached hydrogens (tertiary/aromatic N) is 1. The molecule has 0 heterocycles. The molecular formula is C13H18BNO2. The smallest absolute Gasteiger partial charge is 0.410 e. The van der Waals surface area contributed by atoms with E-state index in [1.807, 2.05) is 12.1 Å². The van der Waals surface area contributed by atoms with E-state index in [4.69, 9.17) is 14.6 Å². The van der Waals surface area contributed by atoms with Gasteiger partial charge >= 0.3 is 7.12 Å². The predicted octanol–water partition coefficient (Wildman–Crippen LogP) is 1.96. The van der Waals surface area contributed by atoms with Crippen molar-refractivity contribution in [1.29, 1.82) is 5.26 Å². The Hall–Kier alpha value is -1.31. The minimum Gasteiger partial charge on any atom is -0.410 e. The largest absolute Gasteiger partial charge is 0.493 e. The highest BCUT2D eigenvalue weighted by Gasteiger charge is 2.22. The SMILES string of the molecule is COB(OCC(C)(C)C)c1ccc(C#N)cc1. The van der Waals surface area contributed by atoms with Crippen molar-refractivity contribution in [1.82, 2.24) is 0 Å². The summed E-state index contributed by atoms with van der Waals surface area (Å²) < 4.78 is 11.0. The summed E-state index contributed by atoms with van der Waals surface area (Å²) in [6.45, 7) is 6.95. The third-order valence-electron chi connectivity index (χ3n) is 2.19. The summed E-state index contributed by atoms with van der Waals surface area (Å²) >= 11 is 0. The molecule has 0 atom stereocenters. The van der Waals surface area contributed by atoms with Crippen molar-refractivity contribution in [2.24, 2.45) is 5.41 Å². The van der Waals surface area contributed by atoms with Crippen LogP contribution in [-0.2, 0) is 9.31 Å². The van der Waals surface area contributed by atoms with Gasteiger partial charge in [-0.25, -0.2) is 0 Å². The average molecular weight is 231 g/mol. The Morgan fingerprint density at radius 1 is 1.24 bits per heavy atom. The number of nitriles is 1. The summed E-state index contributed by atoms with van der Waals surface area (Å²) in [5, 5.41) is 8.72. The topological polar surface area (TPSA) is 42.2 Å². The Morgan fingerprint density at radius 3 is 2.24 bits per heavy atom. The Balaban J connectivity index is 2.70. The summed E-state index contributed by atoms with van der Waals surface area (Å²) in [6.07, 6.45) is 0. The molecule has 0 bridgehead atoms. The van der Waals surface area contributed by atoms with Crippen molar-refractivity contribution < 1.29 is 9.31 Å². The minimum absolute atomic E-state index is 0.101. The van der Waals surface area contributed by atoms with Crippen LogP contribution in [0.25, 0.3) is 0 Å². The third kappa shape index (κ3) is 4.60. The van der Waals surface area contributed by atoms with Crippen molar-refractivity contribution in [3.8, 4) is 6.07 Å². The number of rotatable bonds is 4. The van der Waals surface area contributed by atoms with Gasteiger partial charge < -0.3 is 9.31 Å². The van der Waals surface area contributed by atoms with Crippen molar-refractivity contribution in [2.45, 2.75) is 20.8 Å². The van der Waals surface area contributed by atoms with Gasteiger partial charge in [0.1, 0.15) is 0 Å². The maximum atomic E-state index is 8.72. The van der Waals surface area contributed by atoms with Gasteiger partial charge in [0, 0.05) is 13.7 Å². The lowest BCUT2D eigenvalue weighted by Gasteiger charge is -2.21. The second kappa shape index (κ2) is 5.86. The summed E-state index contributed by atoms with van der Waals surface area (Å²) in [6, 6.07) is 9.33. The van der Waals surface area contributed by atoms with Crippen LogP contribution in [0.3, 0.4) is 0 Å². The quantitative estimate of drug-likeness (QED) is 0.744. The first kappa shape index (κ1) is 13.8. The van der Waals surface area contributed by atoms with E-state index in [9.17, 15) is 0 Å². The maximum Gasteiger partial charge on any atom is 0.493 e. The predicted molar refractivity (Wildman–Crippen MR) is 69.0 cm³/mol. The number of hydrogen-bond acceptors (Lipinski definition) is 3. The minimum atomic E-state index is -0.373. The maximum absolute atomic E-state index is 8.72. The van der Waals surface area contributed by atoms with Crippen LogP contribution in [0.15, 0.2) is 24.3 Å². The van der Waals surface area contributed by atoms with Crippen LogP contribution in [0.1, 0.15) is 26.3 Å². The fourth-order valence-corrected chi connectivity index (χ4v) is 1.34. The third-order valence-corrected chi connectivity index (χ3v) is 2.19. The van der Waals surface area contributed by atoms with E-state index in [0.717, 1.165) is 5.46 Å². The van der Waals surface area contributed by atoms with Crippen molar-refractivity contribution in [3.63, 3.8) is 0 Å². The highest BCUT2D eigenvalue weighted by Crippen LogP contribution is 2.13. The molecule has 0 aliphatic heterocycles. The van der Waals surface area contributed by atoms with Gasteiger partial charge in [-0.05, 0) is 23.0 Å². The van der Waals surface area contributed by atoms with Gasteiger partial charge in [0.15, 0.2) is 0 Å². The van der Waals surface area contributed by atoms with Crippen molar-refractivity contribution in [2.75, 3.05) is 13.7 Å². The summed E-state index contributed by atoms with van der Waals surface area (Å²) in [5.41, 5.74) is 1.67. The van der Waals surface area contributed by atoms with E-state index in [-0.39, 0.29) is 12.5 Å². The van der Waals surface area contributed by atoms with E-state index in [0.29, 0.717) is 12.2 Å². The second-order valence-corrected chi connectivity index (χ2v) is 5.17. The monoisotopic (exact) mass is 231 g/mol. The summed E-state index contributed by atoms with van der Waals surface area (Å²) in [7, 11) is 1.24. The van der Waals surface area contributed by atoms with E-state index in [1.54, 1.807) is 19.2 Å². The Morgan fingerprint density at radius 2 is 1.82 bits per heavy atom. The lowest BCUT2D eigenvalue weighted by atomic mass is 9.78. The molecule has 0 unspecified atom stereocenters. The van der Waals surface area contributed by atoms with E-state index < -0.39 is 0 Å². The molecule has 90 valence electrons. The van der Waals surface area contributed by atoms with Gasteiger partial charge in [-0.3, -0.25) is 0 Å². The molecule has 0 aliphatic rings. The van der Waals surface area contributed by atoms with Crippen LogP contribution in [-0.4, -0.2) is 20.8 Å². The van der Waals surface area contributed by atoms with Crippen molar-refractivity contribution in [3.05, 3.63) is 29.8 Å². The standard InChI is InChI=1S/C13H18BNO2/c1-13(2,3)10-17-14(16-4)12-7-5-11(9-15)6-8-12/h5-8H,10H2,1-4H3. The summed E-state index contributed by atoms with van der Waals surface area (Å²) in [5.74, 6) is 0. The molecular weight excluding hydrogens is 213 g/mol. The normalized spacial score (nSPS) is 11.0. The molecule has 0 aliphatic carbocycles. The molecule has 3 nitrogen and oxygen atoms in total. The molecule has 0 saturated carbocycles. The van der Waals surface area contributed by atoms with E-state index in [1.165, 1.54) is 0 Å². The van der Waals surface area contributed by atoms with Gasteiger partial charge in [-0.2, -0.15) is 5.26 Å². The Bertz CT molecular complexity index is 389. The fraction of sp³-hybridized carbons (Fsp3) is 0.462. The first-order valence-corrected chi connectivity index (χ1v) is 5.61. The zero-order chi connectivity index (χ0) is 12.9. The highest BCUT2D eigenvalue weighted by atomic mass is 16.6. The van der Waals surface area contributed by atoms with Crippen LogP contribution in [0.4, 0.5) is 0 Å². The van der Waals surface area contributed by atoms with Crippen LogP contribution < -0.4 is 5.46 Å². The highest BCUT2D eigenvalue weighted by molar-refractivity contribution is 6.61. The second-order valence-electron chi connectivity index (χ2n) is 5.17. The van der Waals surface area contributed by atoms with Crippen LogP contribution >= 0.6 is 0 Å². The van der Waals surface area contributed by atoms with Gasteiger partial charge in [0.05, 0.1) is 11.6 Å². The molecule has 0 N–H and O–H groups in total. The molecule has 1 aromatic carbocycles. The molecule has 0 aromatic heterocycles. The molecule has 0 spiro atoms. The fourth-order valence-electron chi connectivity index (χ4n) is 1.34. The molecule has 1 rings (SSSR count). The van der Waals surface area contributed by atoms with Gasteiger partial charge in [-0.1, -0.05) is 32.9 Å². The molecule has 0 radical (unpaired) electrons. The van der Waals surface area contributed by atoms with Crippen molar-refractivity contribution >= 4 is 12.6 Å². The van der Waals surface area contributed by atoms with E-state index >= 15 is 0 Å². The van der Waals surface area contributed by atoms with Crippen LogP contribution in [0.2, 0.25) is 0 Å². The number of hydrogen-bond donors (Lipinski definition) is 0. The van der Waals surface area contributed by atoms with Crippen LogP contribution in [0.5, 0.6) is 0 Å².